The summed E-state index contributed by atoms with van der Waals surface area (Å²) < 4.78 is 12.2. The molecule has 0 saturated carbocycles. The summed E-state index contributed by atoms with van der Waals surface area (Å²) in [6.07, 6.45) is 2.04. The van der Waals surface area contributed by atoms with E-state index in [2.05, 4.69) is 72.7 Å². The lowest BCUT2D eigenvalue weighted by molar-refractivity contribution is 0.00578. The Bertz CT molecular complexity index is 475. The quantitative estimate of drug-likeness (QED) is 0.706. The molecule has 0 spiro atoms. The summed E-state index contributed by atoms with van der Waals surface area (Å²) in [5.74, 6) is 1.14. The zero-order chi connectivity index (χ0) is 16.5. The van der Waals surface area contributed by atoms with Crippen LogP contribution in [0.25, 0.3) is 0 Å². The number of hydrogen-bond donors (Lipinski definition) is 0. The molecule has 1 heterocycles. The third-order valence-electron chi connectivity index (χ3n) is 5.04. The minimum atomic E-state index is -0.238. The fourth-order valence-electron chi connectivity index (χ4n) is 2.94. The molecule has 0 amide bonds. The van der Waals surface area contributed by atoms with Gasteiger partial charge in [-0.2, -0.15) is 0 Å². The Kier molecular flexibility index (Phi) is 5.08. The van der Waals surface area contributed by atoms with Crippen LogP contribution in [0, 0.1) is 5.92 Å². The lowest BCUT2D eigenvalue weighted by Crippen LogP contribution is -2.41. The Morgan fingerprint density at radius 2 is 1.41 bits per heavy atom. The molecule has 1 saturated heterocycles. The zero-order valence-corrected chi connectivity index (χ0v) is 15.3. The van der Waals surface area contributed by atoms with Crippen LogP contribution in [0.15, 0.2) is 24.3 Å². The smallest absolute Gasteiger partial charge is 0.403 e. The second-order valence-corrected chi connectivity index (χ2v) is 8.16. The Morgan fingerprint density at radius 1 is 0.909 bits per heavy atom. The van der Waals surface area contributed by atoms with Gasteiger partial charge < -0.3 is 9.31 Å². The van der Waals surface area contributed by atoms with Crippen LogP contribution in [0.2, 0.25) is 6.32 Å². The first-order valence-electron chi connectivity index (χ1n) is 8.55. The summed E-state index contributed by atoms with van der Waals surface area (Å²) in [7, 11) is -0.115. The normalized spacial score (nSPS) is 21.4. The molecule has 22 heavy (non-hydrogen) atoms. The van der Waals surface area contributed by atoms with Gasteiger partial charge in [-0.1, -0.05) is 45.0 Å². The standard InChI is InChI=1S/C19H31BO2/c1-14(2)12-16-8-10-17(11-9-16)15(3)13-20-21-18(4,5)19(6,7)22-20/h8-11,14-15H,12-13H2,1-7H3/t15-/m0/s1. The average molecular weight is 302 g/mol. The fraction of sp³-hybridized carbons (Fsp3) is 0.684. The Morgan fingerprint density at radius 3 is 1.86 bits per heavy atom. The molecule has 0 unspecified atom stereocenters. The predicted octanol–water partition coefficient (Wildman–Crippen LogP) is 5.08. The molecular formula is C19H31BO2. The molecule has 1 aliphatic heterocycles. The number of benzene rings is 1. The Balaban J connectivity index is 1.97. The van der Waals surface area contributed by atoms with Crippen LogP contribution < -0.4 is 0 Å². The van der Waals surface area contributed by atoms with E-state index in [1.54, 1.807) is 0 Å². The molecule has 0 bridgehead atoms. The summed E-state index contributed by atoms with van der Waals surface area (Å²) in [6.45, 7) is 15.2. The van der Waals surface area contributed by atoms with Crippen LogP contribution in [-0.2, 0) is 15.7 Å². The maximum Gasteiger partial charge on any atom is 0.458 e. The van der Waals surface area contributed by atoms with Crippen molar-refractivity contribution in [3.63, 3.8) is 0 Å². The fourth-order valence-corrected chi connectivity index (χ4v) is 2.94. The van der Waals surface area contributed by atoms with Crippen LogP contribution in [0.4, 0.5) is 0 Å². The predicted molar refractivity (Wildman–Crippen MR) is 94.3 cm³/mol. The third kappa shape index (κ3) is 3.94. The van der Waals surface area contributed by atoms with Gasteiger partial charge in [-0.05, 0) is 63.4 Å². The monoisotopic (exact) mass is 302 g/mol. The van der Waals surface area contributed by atoms with Gasteiger partial charge in [0.15, 0.2) is 0 Å². The molecule has 122 valence electrons. The van der Waals surface area contributed by atoms with Crippen molar-refractivity contribution in [3.05, 3.63) is 35.4 Å². The molecule has 1 aromatic rings. The molecule has 0 N–H and O–H groups in total. The molecule has 1 aliphatic rings. The van der Waals surface area contributed by atoms with E-state index >= 15 is 0 Å². The highest BCUT2D eigenvalue weighted by atomic mass is 16.7. The lowest BCUT2D eigenvalue weighted by Gasteiger charge is -2.32. The minimum Gasteiger partial charge on any atom is -0.403 e. The van der Waals surface area contributed by atoms with Crippen LogP contribution in [0.1, 0.15) is 65.5 Å². The maximum absolute atomic E-state index is 6.11. The maximum atomic E-state index is 6.11. The van der Waals surface area contributed by atoms with E-state index in [0.29, 0.717) is 11.8 Å². The topological polar surface area (TPSA) is 18.5 Å². The van der Waals surface area contributed by atoms with Crippen molar-refractivity contribution in [2.45, 2.75) is 78.3 Å². The van der Waals surface area contributed by atoms with Crippen LogP contribution in [0.5, 0.6) is 0 Å². The van der Waals surface area contributed by atoms with Gasteiger partial charge in [-0.25, -0.2) is 0 Å². The molecule has 1 aromatic carbocycles. The van der Waals surface area contributed by atoms with Gasteiger partial charge in [-0.15, -0.1) is 0 Å². The zero-order valence-electron chi connectivity index (χ0n) is 15.3. The van der Waals surface area contributed by atoms with Crippen LogP contribution in [0.3, 0.4) is 0 Å². The molecule has 0 radical (unpaired) electrons. The van der Waals surface area contributed by atoms with Crippen LogP contribution >= 0.6 is 0 Å². The SMILES string of the molecule is CC(C)Cc1ccc([C@@H](C)CB2OC(C)(C)C(C)(C)O2)cc1. The highest BCUT2D eigenvalue weighted by molar-refractivity contribution is 6.45. The molecule has 3 heteroatoms. The molecule has 1 fully saturated rings. The first-order valence-corrected chi connectivity index (χ1v) is 8.55. The van der Waals surface area contributed by atoms with Gasteiger partial charge in [0.05, 0.1) is 11.2 Å². The molecule has 0 aliphatic carbocycles. The first-order chi connectivity index (χ1) is 10.1. The molecule has 1 atom stereocenters. The average Bonchev–Trinajstić information content (AvgIpc) is 2.57. The lowest BCUT2D eigenvalue weighted by atomic mass is 9.75. The minimum absolute atomic E-state index is 0.115. The van der Waals surface area contributed by atoms with Gasteiger partial charge in [0.1, 0.15) is 0 Å². The molecule has 2 nitrogen and oxygen atoms in total. The summed E-state index contributed by atoms with van der Waals surface area (Å²) in [5, 5.41) is 0. The molecule has 2 rings (SSSR count). The van der Waals surface area contributed by atoms with E-state index in [4.69, 9.17) is 9.31 Å². The summed E-state index contributed by atoms with van der Waals surface area (Å²) >= 11 is 0. The summed E-state index contributed by atoms with van der Waals surface area (Å²) in [4.78, 5) is 0. The van der Waals surface area contributed by atoms with Gasteiger partial charge >= 0.3 is 7.12 Å². The van der Waals surface area contributed by atoms with Crippen molar-refractivity contribution in [2.75, 3.05) is 0 Å². The molecular weight excluding hydrogens is 271 g/mol. The largest absolute Gasteiger partial charge is 0.458 e. The molecule has 0 aromatic heterocycles. The highest BCUT2D eigenvalue weighted by Crippen LogP contribution is 2.39. The van der Waals surface area contributed by atoms with Gasteiger partial charge in [-0.3, -0.25) is 0 Å². The van der Waals surface area contributed by atoms with E-state index < -0.39 is 0 Å². The highest BCUT2D eigenvalue weighted by Gasteiger charge is 2.51. The second-order valence-electron chi connectivity index (χ2n) is 8.16. The Labute approximate surface area is 136 Å². The van der Waals surface area contributed by atoms with E-state index in [1.807, 2.05) is 0 Å². The van der Waals surface area contributed by atoms with E-state index in [0.717, 1.165) is 12.7 Å². The van der Waals surface area contributed by atoms with Gasteiger partial charge in [0.25, 0.3) is 0 Å². The summed E-state index contributed by atoms with van der Waals surface area (Å²) in [6, 6.07) is 9.04. The number of rotatable bonds is 5. The van der Waals surface area contributed by atoms with Crippen molar-refractivity contribution in [1.29, 1.82) is 0 Å². The van der Waals surface area contributed by atoms with Crippen LogP contribution in [-0.4, -0.2) is 18.3 Å². The van der Waals surface area contributed by atoms with Crippen molar-refractivity contribution >= 4 is 7.12 Å². The van der Waals surface area contributed by atoms with Gasteiger partial charge in [0.2, 0.25) is 0 Å². The van der Waals surface area contributed by atoms with Crippen molar-refractivity contribution in [3.8, 4) is 0 Å². The second kappa shape index (κ2) is 6.37. The van der Waals surface area contributed by atoms with Gasteiger partial charge in [0, 0.05) is 0 Å². The first kappa shape index (κ1) is 17.6. The van der Waals surface area contributed by atoms with E-state index in [9.17, 15) is 0 Å². The third-order valence-corrected chi connectivity index (χ3v) is 5.04. The number of hydrogen-bond acceptors (Lipinski definition) is 2. The van der Waals surface area contributed by atoms with Crippen molar-refractivity contribution < 1.29 is 9.31 Å². The van der Waals surface area contributed by atoms with E-state index in [-0.39, 0.29) is 18.3 Å². The van der Waals surface area contributed by atoms with Crippen molar-refractivity contribution in [1.82, 2.24) is 0 Å². The van der Waals surface area contributed by atoms with E-state index in [1.165, 1.54) is 11.1 Å². The Hall–Kier alpha value is -0.795. The summed E-state index contributed by atoms with van der Waals surface area (Å²) in [5.41, 5.74) is 2.31. The van der Waals surface area contributed by atoms with Crippen molar-refractivity contribution in [2.24, 2.45) is 5.92 Å².